The minimum absolute atomic E-state index is 0.173. The molecule has 1 aromatic heterocycles. The zero-order valence-corrected chi connectivity index (χ0v) is 10.5. The Hall–Kier alpha value is -1.34. The van der Waals surface area contributed by atoms with E-state index in [-0.39, 0.29) is 6.07 Å². The number of pyridine rings is 1. The van der Waals surface area contributed by atoms with Gasteiger partial charge in [0.15, 0.2) is 3.70 Å². The van der Waals surface area contributed by atoms with Crippen LogP contribution in [0, 0.1) is 13.8 Å². The number of nitro groups is 1. The monoisotopic (exact) mass is 402 g/mol. The second-order valence-electron chi connectivity index (χ2n) is 2.95. The van der Waals surface area contributed by atoms with Crippen LogP contribution in [0.3, 0.4) is 0 Å². The fraction of sp³-hybridized carbons (Fsp3) is 0.286. The van der Waals surface area contributed by atoms with Gasteiger partial charge in [-0.05, 0) is 22.6 Å². The zero-order chi connectivity index (χ0) is 15.0. The van der Waals surface area contributed by atoms with Gasteiger partial charge in [0.1, 0.15) is 5.69 Å². The van der Waals surface area contributed by atoms with Crippen LogP contribution in [-0.2, 0) is 6.18 Å². The molecule has 0 aromatic carbocycles. The minimum Gasteiger partial charge on any atom is -0.398 e. The van der Waals surface area contributed by atoms with Gasteiger partial charge in [-0.2, -0.15) is 13.2 Å². The first-order chi connectivity index (χ1) is 8.42. The van der Waals surface area contributed by atoms with E-state index in [2.05, 4.69) is 9.72 Å². The van der Waals surface area contributed by atoms with E-state index in [1.165, 1.54) is 0 Å². The predicted octanol–water partition coefficient (Wildman–Crippen LogP) is 3.51. The minimum atomic E-state index is -5.36. The summed E-state index contributed by atoms with van der Waals surface area (Å²) >= 11 is 1.02. The quantitative estimate of drug-likeness (QED) is 0.250. The van der Waals surface area contributed by atoms with Gasteiger partial charge in [-0.3, -0.25) is 10.1 Å². The van der Waals surface area contributed by atoms with Crippen molar-refractivity contribution in [2.75, 3.05) is 0 Å². The van der Waals surface area contributed by atoms with Crippen molar-refractivity contribution in [3.05, 3.63) is 25.6 Å². The molecule has 0 aliphatic heterocycles. The number of ether oxygens (including phenoxy) is 1. The molecule has 1 aromatic rings. The number of nitrogens with zero attached hydrogens (tertiary/aromatic N) is 2. The van der Waals surface area contributed by atoms with Crippen molar-refractivity contribution in [3.63, 3.8) is 0 Å². The maximum Gasteiger partial charge on any atom is 0.573 e. The molecule has 0 saturated heterocycles. The molecule has 0 saturated carbocycles. The highest BCUT2D eigenvalue weighted by atomic mass is 127. The third-order valence-electron chi connectivity index (χ3n) is 1.61. The van der Waals surface area contributed by atoms with E-state index in [1.807, 2.05) is 0 Å². The van der Waals surface area contributed by atoms with Crippen LogP contribution in [-0.4, -0.2) is 16.3 Å². The Morgan fingerprint density at radius 1 is 1.26 bits per heavy atom. The summed E-state index contributed by atoms with van der Waals surface area (Å²) in [5.41, 5.74) is -3.01. The molecule has 0 fully saturated rings. The Labute approximate surface area is 113 Å². The van der Waals surface area contributed by atoms with Gasteiger partial charge in [0, 0.05) is 6.07 Å². The molecule has 0 N–H and O–H groups in total. The molecule has 1 heterocycles. The smallest absolute Gasteiger partial charge is 0.398 e. The summed E-state index contributed by atoms with van der Waals surface area (Å²) in [6.45, 7) is 0. The summed E-state index contributed by atoms with van der Waals surface area (Å²) < 4.78 is 75.4. The lowest BCUT2D eigenvalue weighted by molar-refractivity contribution is -0.390. The normalized spacial score (nSPS) is 12.4. The van der Waals surface area contributed by atoms with Gasteiger partial charge in [0.25, 0.3) is 0 Å². The van der Waals surface area contributed by atoms with Crippen LogP contribution in [0.4, 0.5) is 32.0 Å². The van der Waals surface area contributed by atoms with Crippen molar-refractivity contribution >= 4 is 28.3 Å². The fourth-order valence-electron chi connectivity index (χ4n) is 0.998. The number of rotatable bonds is 2. The van der Waals surface area contributed by atoms with Crippen molar-refractivity contribution in [1.82, 2.24) is 4.98 Å². The average Bonchev–Trinajstić information content (AvgIpc) is 2.11. The lowest BCUT2D eigenvalue weighted by Gasteiger charge is -2.12. The maximum atomic E-state index is 12.3. The van der Waals surface area contributed by atoms with Crippen LogP contribution < -0.4 is 4.74 Å². The van der Waals surface area contributed by atoms with Crippen molar-refractivity contribution < 1.29 is 36.0 Å². The summed E-state index contributed by atoms with van der Waals surface area (Å²) in [7, 11) is 0. The molecule has 1 rings (SSSR count). The maximum absolute atomic E-state index is 12.3. The van der Waals surface area contributed by atoms with Gasteiger partial charge in [-0.25, -0.2) is 4.98 Å². The summed E-state index contributed by atoms with van der Waals surface area (Å²) in [5, 5.41) is 10.5. The van der Waals surface area contributed by atoms with Gasteiger partial charge in [0.05, 0.1) is 4.92 Å². The third kappa shape index (κ3) is 4.07. The lowest BCUT2D eigenvalue weighted by atomic mass is 10.3. The van der Waals surface area contributed by atoms with Crippen LogP contribution in [0.5, 0.6) is 5.75 Å². The van der Waals surface area contributed by atoms with Crippen LogP contribution in [0.15, 0.2) is 6.07 Å². The molecule has 5 nitrogen and oxygen atoms in total. The molecule has 19 heavy (non-hydrogen) atoms. The van der Waals surface area contributed by atoms with Gasteiger partial charge >= 0.3 is 18.2 Å². The van der Waals surface area contributed by atoms with E-state index >= 15 is 0 Å². The van der Waals surface area contributed by atoms with Crippen LogP contribution in [0.25, 0.3) is 0 Å². The third-order valence-corrected chi connectivity index (χ3v) is 2.37. The zero-order valence-electron chi connectivity index (χ0n) is 8.34. The van der Waals surface area contributed by atoms with Crippen LogP contribution in [0.1, 0.15) is 5.69 Å². The molecule has 0 amide bonds. The summed E-state index contributed by atoms with van der Waals surface area (Å²) in [4.78, 5) is 12.0. The Morgan fingerprint density at radius 2 is 1.79 bits per heavy atom. The standard InChI is InChI=1S/C7HF6IN2O3/c8-6(9,10)3-1-2(19-7(11,12)13)4(16(17)18)5(14)15-3/h1H. The topological polar surface area (TPSA) is 65.3 Å². The summed E-state index contributed by atoms with van der Waals surface area (Å²) in [5.74, 6) is -1.57. The fourth-order valence-corrected chi connectivity index (χ4v) is 1.72. The van der Waals surface area contributed by atoms with Crippen molar-refractivity contribution in [2.24, 2.45) is 0 Å². The molecule has 106 valence electrons. The van der Waals surface area contributed by atoms with E-state index in [1.54, 1.807) is 0 Å². The average molecular weight is 402 g/mol. The Balaban J connectivity index is 3.46. The molecular formula is C7HF6IN2O3. The molecule has 0 radical (unpaired) electrons. The molecule has 0 bridgehead atoms. The number of hydrogen-bond acceptors (Lipinski definition) is 4. The second-order valence-corrected chi connectivity index (χ2v) is 3.97. The lowest BCUT2D eigenvalue weighted by Crippen LogP contribution is -2.20. The molecular weight excluding hydrogens is 401 g/mol. The Bertz CT molecular complexity index is 515. The van der Waals surface area contributed by atoms with Gasteiger partial charge < -0.3 is 4.74 Å². The molecule has 0 atom stereocenters. The highest BCUT2D eigenvalue weighted by molar-refractivity contribution is 14.1. The molecule has 0 spiro atoms. The van der Waals surface area contributed by atoms with E-state index in [4.69, 9.17) is 0 Å². The van der Waals surface area contributed by atoms with Crippen LogP contribution >= 0.6 is 22.6 Å². The van der Waals surface area contributed by atoms with Crippen molar-refractivity contribution in [1.29, 1.82) is 0 Å². The first-order valence-corrected chi connectivity index (χ1v) is 5.17. The highest BCUT2D eigenvalue weighted by Crippen LogP contribution is 2.39. The van der Waals surface area contributed by atoms with E-state index < -0.39 is 38.3 Å². The number of aromatic nitrogens is 1. The van der Waals surface area contributed by atoms with E-state index in [9.17, 15) is 36.5 Å². The molecule has 0 unspecified atom stereocenters. The molecule has 0 aliphatic carbocycles. The Kier molecular flexibility index (Phi) is 4.11. The predicted molar refractivity (Wildman–Crippen MR) is 55.3 cm³/mol. The van der Waals surface area contributed by atoms with Crippen LogP contribution in [0.2, 0.25) is 0 Å². The Morgan fingerprint density at radius 3 is 2.16 bits per heavy atom. The number of hydrogen-bond donors (Lipinski definition) is 0. The first-order valence-electron chi connectivity index (χ1n) is 4.09. The number of alkyl halides is 6. The van der Waals surface area contributed by atoms with Gasteiger partial charge in [-0.1, -0.05) is 0 Å². The van der Waals surface area contributed by atoms with Crippen molar-refractivity contribution in [2.45, 2.75) is 12.5 Å². The van der Waals surface area contributed by atoms with Gasteiger partial charge in [-0.15, -0.1) is 13.2 Å². The molecule has 0 aliphatic rings. The number of halogens is 7. The molecule has 12 heteroatoms. The van der Waals surface area contributed by atoms with E-state index in [0.29, 0.717) is 0 Å². The summed E-state index contributed by atoms with van der Waals surface area (Å²) in [6.07, 6.45) is -10.4. The second kappa shape index (κ2) is 4.97. The van der Waals surface area contributed by atoms with Gasteiger partial charge in [0.2, 0.25) is 5.75 Å². The highest BCUT2D eigenvalue weighted by Gasteiger charge is 2.40. The first kappa shape index (κ1) is 15.7. The summed E-state index contributed by atoms with van der Waals surface area (Å²) in [6, 6.07) is -0.173. The van der Waals surface area contributed by atoms with Crippen molar-refractivity contribution in [3.8, 4) is 5.75 Å². The largest absolute Gasteiger partial charge is 0.573 e. The SMILES string of the molecule is O=[N+]([O-])c1c(OC(F)(F)F)cc(C(F)(F)F)nc1I. The van der Waals surface area contributed by atoms with E-state index in [0.717, 1.165) is 22.6 Å².